The molecule has 1 nitrogen and oxygen atoms in total. The SMILES string of the molecule is CN.[CaH2].[I][Pb]([I])([I])[I].[Ti]. The molecule has 0 saturated carbocycles. The van der Waals surface area contributed by atoms with E-state index in [1.165, 1.54) is 7.05 Å². The number of hydrogen-bond donors (Lipinski definition) is 1. The Labute approximate surface area is 142 Å². The van der Waals surface area contributed by atoms with Crippen molar-refractivity contribution >= 4 is 113 Å². The Morgan fingerprint density at radius 1 is 1.00 bits per heavy atom. The van der Waals surface area contributed by atoms with Crippen LogP contribution in [0.4, 0.5) is 0 Å². The summed E-state index contributed by atoms with van der Waals surface area (Å²) >= 11 is 10.2. The van der Waals surface area contributed by atoms with Crippen molar-refractivity contribution in [3.05, 3.63) is 0 Å². The van der Waals surface area contributed by atoms with Crippen molar-refractivity contribution in [2.24, 2.45) is 5.73 Å². The van der Waals surface area contributed by atoms with E-state index < -0.39 is 4.00 Å². The Hall–Kier alpha value is 5.78. The third-order valence-corrected chi connectivity index (χ3v) is 0. The van der Waals surface area contributed by atoms with Crippen LogP contribution in [0.1, 0.15) is 0 Å². The maximum atomic E-state index is 4.50. The zero-order valence-corrected chi connectivity index (χ0v) is 18.2. The largest absolute Gasteiger partial charge is 0 e. The molecule has 0 heterocycles. The van der Waals surface area contributed by atoms with Gasteiger partial charge in [0.2, 0.25) is 0 Å². The first-order valence-corrected chi connectivity index (χ1v) is 45.1. The molecule has 0 spiro atoms. The van der Waals surface area contributed by atoms with Gasteiger partial charge in [0.25, 0.3) is 0 Å². The predicted molar refractivity (Wildman–Crippen MR) is 80.5 cm³/mol. The fraction of sp³-hybridized carbons (Fsp3) is 1.00. The minimum Gasteiger partial charge on any atom is 0 e. The molecular weight excluding hydrogens is 829 g/mol. The summed E-state index contributed by atoms with van der Waals surface area (Å²) in [6.07, 6.45) is 0. The third-order valence-electron chi connectivity index (χ3n) is 0. The van der Waals surface area contributed by atoms with E-state index in [0.717, 1.165) is 0 Å². The minimum atomic E-state index is -1.40. The van der Waals surface area contributed by atoms with Gasteiger partial charge in [-0.2, -0.15) is 0 Å². The summed E-state index contributed by atoms with van der Waals surface area (Å²) in [7, 11) is 1.50. The molecule has 0 saturated heterocycles. The molecule has 0 bridgehead atoms. The van der Waals surface area contributed by atoms with Crippen LogP contribution in [0.15, 0.2) is 0 Å². The maximum Gasteiger partial charge on any atom is 0 e. The van der Waals surface area contributed by atoms with E-state index in [4.69, 9.17) is 0 Å². The van der Waals surface area contributed by atoms with E-state index in [9.17, 15) is 0 Å². The van der Waals surface area contributed by atoms with Crippen LogP contribution in [0.25, 0.3) is 0 Å². The van der Waals surface area contributed by atoms with Gasteiger partial charge in [-0.1, -0.05) is 0 Å². The number of nitrogens with two attached hydrogens (primary N) is 1. The van der Waals surface area contributed by atoms with Crippen LogP contribution in [0, 0.1) is 0 Å². The maximum absolute atomic E-state index is 4.50. The van der Waals surface area contributed by atoms with Gasteiger partial charge in [-0.05, 0) is 7.05 Å². The molecule has 0 aromatic heterocycles. The minimum absolute atomic E-state index is 0. The number of halogens is 4. The van der Waals surface area contributed by atoms with Crippen LogP contribution in [-0.2, 0) is 21.7 Å². The van der Waals surface area contributed by atoms with Crippen molar-refractivity contribution in [3.63, 3.8) is 0 Å². The molecule has 0 rings (SSSR count). The summed E-state index contributed by atoms with van der Waals surface area (Å²) in [5, 5.41) is 0. The first-order chi connectivity index (χ1) is 3.00. The fourth-order valence-corrected chi connectivity index (χ4v) is 0. The molecule has 0 aliphatic carbocycles. The molecular formula is CH7CaI4NPbTi. The van der Waals surface area contributed by atoms with Gasteiger partial charge in [0.15, 0.2) is 0 Å². The molecule has 0 aliphatic heterocycles. The molecule has 0 atom stereocenters. The van der Waals surface area contributed by atoms with Crippen LogP contribution in [-0.4, -0.2) is 48.8 Å². The van der Waals surface area contributed by atoms with Crippen molar-refractivity contribution < 1.29 is 21.7 Å². The Balaban J connectivity index is -0.0000000286. The summed E-state index contributed by atoms with van der Waals surface area (Å²) in [6, 6.07) is 0. The number of hydrogen-bond acceptors (Lipinski definition) is 1. The van der Waals surface area contributed by atoms with E-state index in [1.807, 2.05) is 0 Å². The van der Waals surface area contributed by atoms with Crippen molar-refractivity contribution in [1.82, 2.24) is 0 Å². The zero-order valence-electron chi connectivity index (χ0n) is 4.09. The van der Waals surface area contributed by atoms with Crippen LogP contribution in [0.5, 0.6) is 0 Å². The van der Waals surface area contributed by atoms with Gasteiger partial charge in [0.05, 0.1) is 0 Å². The second-order valence-electron chi connectivity index (χ2n) is 0.429. The molecule has 0 fully saturated rings. The molecule has 0 amide bonds. The van der Waals surface area contributed by atoms with Crippen LogP contribution in [0.3, 0.4) is 0 Å². The van der Waals surface area contributed by atoms with E-state index in [0.29, 0.717) is 0 Å². The summed E-state index contributed by atoms with van der Waals surface area (Å²) in [6.45, 7) is 0. The third kappa shape index (κ3) is 57.3. The van der Waals surface area contributed by atoms with E-state index >= 15 is 0 Å². The summed E-state index contributed by atoms with van der Waals surface area (Å²) in [5.74, 6) is 0. The topological polar surface area (TPSA) is 26.0 Å². The van der Waals surface area contributed by atoms with Crippen molar-refractivity contribution in [2.45, 2.75) is 0 Å². The normalized spacial score (nSPS) is 7.33. The monoisotopic (exact) mass is 837 g/mol. The van der Waals surface area contributed by atoms with Crippen LogP contribution in [0.2, 0.25) is 0 Å². The average Bonchev–Trinajstić information content (AvgIpc) is 1.36. The first-order valence-electron chi connectivity index (χ1n) is 1.33. The molecule has 9 heavy (non-hydrogen) atoms. The van der Waals surface area contributed by atoms with E-state index in [1.54, 1.807) is 0 Å². The smallest absolute Gasteiger partial charge is 0 e. The number of rotatable bonds is 0. The molecule has 54 valence electrons. The van der Waals surface area contributed by atoms with Gasteiger partial charge in [0, 0.05) is 21.7 Å². The molecule has 0 aromatic rings. The summed E-state index contributed by atoms with van der Waals surface area (Å²) in [4.78, 5) is 0. The molecule has 0 aromatic carbocycles. The second-order valence-corrected chi connectivity index (χ2v) is 169. The molecule has 8 heteroatoms. The zero-order chi connectivity index (χ0) is 6.50. The molecule has 0 unspecified atom stereocenters. The van der Waals surface area contributed by atoms with E-state index in [-0.39, 0.29) is 59.5 Å². The van der Waals surface area contributed by atoms with Crippen LogP contribution >= 0.6 is 71.0 Å². The molecule has 0 aliphatic rings. The molecule has 0 radical (unpaired) electrons. The van der Waals surface area contributed by atoms with Crippen molar-refractivity contribution in [1.29, 1.82) is 0 Å². The van der Waals surface area contributed by atoms with Gasteiger partial charge in [-0.15, -0.1) is 0 Å². The average molecular weight is 836 g/mol. The first kappa shape index (κ1) is 24.1. The Morgan fingerprint density at radius 2 is 1.00 bits per heavy atom. The van der Waals surface area contributed by atoms with Crippen molar-refractivity contribution in [3.8, 4) is 0 Å². The van der Waals surface area contributed by atoms with Gasteiger partial charge in [-0.25, -0.2) is 0 Å². The van der Waals surface area contributed by atoms with Gasteiger partial charge in [-0.3, -0.25) is 0 Å². The van der Waals surface area contributed by atoms with Gasteiger partial charge >= 0.3 is 113 Å². The summed E-state index contributed by atoms with van der Waals surface area (Å²) < 4.78 is -1.40. The van der Waals surface area contributed by atoms with Crippen molar-refractivity contribution in [2.75, 3.05) is 7.05 Å². The van der Waals surface area contributed by atoms with E-state index in [2.05, 4.69) is 76.8 Å². The Morgan fingerprint density at radius 3 is 1.00 bits per heavy atom. The van der Waals surface area contributed by atoms with Crippen LogP contribution < -0.4 is 5.73 Å². The fourth-order valence-electron chi connectivity index (χ4n) is 0. The molecule has 2 N–H and O–H groups in total. The quantitative estimate of drug-likeness (QED) is 0.293. The van der Waals surface area contributed by atoms with Gasteiger partial charge < -0.3 is 5.73 Å². The predicted octanol–water partition coefficient (Wildman–Crippen LogP) is 1.82. The Kier molecular flexibility index (Phi) is 43.5. The summed E-state index contributed by atoms with van der Waals surface area (Å²) in [5.41, 5.74) is 4.50. The van der Waals surface area contributed by atoms with Gasteiger partial charge in [0.1, 0.15) is 0 Å². The Bertz CT molecular complexity index is 36.0. The second kappa shape index (κ2) is 16.2. The standard InChI is InChI=1S/CH5N.Ca.4HI.Pb.Ti.2H/c1-2;;;;;;;;;/h2H2,1H3;;4*1H;;;;/q;;;;;;+4;;;/p-4.